The molecule has 0 aromatic heterocycles. The molecule has 3 aliphatic rings. The number of hydrogen-bond donors (Lipinski definition) is 1. The highest BCUT2D eigenvalue weighted by Gasteiger charge is 2.82. The molecule has 0 spiro atoms. The number of halogens is 6. The maximum atomic E-state index is 14.4. The van der Waals surface area contributed by atoms with Crippen LogP contribution in [0.3, 0.4) is 0 Å². The standard InChI is InChI=1S/C14H16F6O6S/c1-10(2)6-4-7(10)8(21)11(3,5-6)26-9(22)12(15,27(23,24)25)13(16,17)14(18,19)20/h6-7H,4-5H2,1-3H3,(H,23,24,25). The third-order valence-corrected chi connectivity index (χ3v) is 6.77. The van der Waals surface area contributed by atoms with Crippen molar-refractivity contribution in [3.05, 3.63) is 0 Å². The molecule has 3 fully saturated rings. The molecule has 0 aromatic rings. The van der Waals surface area contributed by atoms with Gasteiger partial charge in [-0.1, -0.05) is 13.8 Å². The van der Waals surface area contributed by atoms with E-state index in [4.69, 9.17) is 4.55 Å². The summed E-state index contributed by atoms with van der Waals surface area (Å²) >= 11 is 0. The van der Waals surface area contributed by atoms with Crippen molar-refractivity contribution in [2.45, 2.75) is 56.3 Å². The highest BCUT2D eigenvalue weighted by Crippen LogP contribution is 2.61. The van der Waals surface area contributed by atoms with E-state index in [-0.39, 0.29) is 12.3 Å². The fraction of sp³-hybridized carbons (Fsp3) is 0.857. The first-order valence-electron chi connectivity index (χ1n) is 7.61. The van der Waals surface area contributed by atoms with Crippen molar-refractivity contribution >= 4 is 21.9 Å². The summed E-state index contributed by atoms with van der Waals surface area (Å²) in [4.78, 5) is 24.3. The third-order valence-electron chi connectivity index (χ3n) is 5.64. The second kappa shape index (κ2) is 5.58. The van der Waals surface area contributed by atoms with Crippen LogP contribution in [0.15, 0.2) is 0 Å². The molecule has 6 nitrogen and oxygen atoms in total. The minimum Gasteiger partial charge on any atom is -0.448 e. The maximum Gasteiger partial charge on any atom is 0.458 e. The molecule has 4 unspecified atom stereocenters. The Labute approximate surface area is 150 Å². The van der Waals surface area contributed by atoms with Gasteiger partial charge in [-0.2, -0.15) is 30.4 Å². The summed E-state index contributed by atoms with van der Waals surface area (Å²) in [6.07, 6.45) is -6.81. The van der Waals surface area contributed by atoms with Crippen LogP contribution in [0.1, 0.15) is 33.6 Å². The van der Waals surface area contributed by atoms with Gasteiger partial charge in [0.15, 0.2) is 11.4 Å². The van der Waals surface area contributed by atoms with Crippen molar-refractivity contribution in [3.63, 3.8) is 0 Å². The zero-order valence-corrected chi connectivity index (χ0v) is 15.0. The second-order valence-corrected chi connectivity index (χ2v) is 9.15. The lowest BCUT2D eigenvalue weighted by Crippen LogP contribution is -2.67. The fourth-order valence-electron chi connectivity index (χ4n) is 3.69. The van der Waals surface area contributed by atoms with Crippen LogP contribution in [-0.2, 0) is 24.4 Å². The Hall–Kier alpha value is -1.37. The van der Waals surface area contributed by atoms with Gasteiger partial charge in [0.25, 0.3) is 0 Å². The van der Waals surface area contributed by atoms with E-state index in [1.54, 1.807) is 13.8 Å². The van der Waals surface area contributed by atoms with Gasteiger partial charge in [0.05, 0.1) is 0 Å². The Kier molecular flexibility index (Phi) is 4.53. The second-order valence-electron chi connectivity index (χ2n) is 7.64. The topological polar surface area (TPSA) is 97.7 Å². The minimum absolute atomic E-state index is 0.291. The van der Waals surface area contributed by atoms with E-state index in [1.807, 2.05) is 0 Å². The maximum absolute atomic E-state index is 14.4. The van der Waals surface area contributed by atoms with Gasteiger partial charge in [0.2, 0.25) is 0 Å². The van der Waals surface area contributed by atoms with Crippen LogP contribution in [0.25, 0.3) is 0 Å². The number of ketones is 1. The van der Waals surface area contributed by atoms with E-state index in [2.05, 4.69) is 4.74 Å². The van der Waals surface area contributed by atoms with Gasteiger partial charge < -0.3 is 4.74 Å². The van der Waals surface area contributed by atoms with Crippen LogP contribution in [0, 0.1) is 17.3 Å². The molecule has 3 aliphatic carbocycles. The smallest absolute Gasteiger partial charge is 0.448 e. The van der Waals surface area contributed by atoms with Crippen molar-refractivity contribution in [3.8, 4) is 0 Å². The molecule has 27 heavy (non-hydrogen) atoms. The Balaban J connectivity index is 2.44. The zero-order chi connectivity index (χ0) is 21.4. The summed E-state index contributed by atoms with van der Waals surface area (Å²) in [5, 5.41) is -6.17. The lowest BCUT2D eigenvalue weighted by molar-refractivity contribution is -0.312. The van der Waals surface area contributed by atoms with E-state index in [0.29, 0.717) is 6.42 Å². The molecule has 0 amide bonds. The molecule has 0 aromatic carbocycles. The molecule has 1 N–H and O–H groups in total. The van der Waals surface area contributed by atoms with E-state index in [0.717, 1.165) is 6.92 Å². The summed E-state index contributed by atoms with van der Waals surface area (Å²) in [6, 6.07) is 0. The molecular formula is C14H16F6O6S. The number of Topliss-reactive ketones (excluding diaryl/α,β-unsaturated/α-hetero) is 1. The normalized spacial score (nSPS) is 33.0. The van der Waals surface area contributed by atoms with Crippen molar-refractivity contribution in [1.29, 1.82) is 0 Å². The summed E-state index contributed by atoms with van der Waals surface area (Å²) in [5.41, 5.74) is -2.85. The summed E-state index contributed by atoms with van der Waals surface area (Å²) < 4.78 is 114. The Morgan fingerprint density at radius 2 is 1.63 bits per heavy atom. The van der Waals surface area contributed by atoms with E-state index < -0.39 is 55.9 Å². The van der Waals surface area contributed by atoms with Gasteiger partial charge in [-0.3, -0.25) is 9.35 Å². The molecule has 13 heteroatoms. The van der Waals surface area contributed by atoms with Gasteiger partial charge in [-0.15, -0.1) is 0 Å². The third kappa shape index (κ3) is 2.76. The van der Waals surface area contributed by atoms with Crippen molar-refractivity contribution in [2.75, 3.05) is 0 Å². The molecular weight excluding hydrogens is 410 g/mol. The highest BCUT2D eigenvalue weighted by atomic mass is 32.2. The SMILES string of the molecule is CC1(OC(=O)C(F)(C(F)(F)C(F)(F)F)S(=O)(=O)O)CC2CC(C1=O)C2(C)C. The van der Waals surface area contributed by atoms with Crippen LogP contribution in [-0.4, -0.2) is 47.4 Å². The number of carbonyl (C=O) groups excluding carboxylic acids is 2. The highest BCUT2D eigenvalue weighted by molar-refractivity contribution is 7.88. The first kappa shape index (κ1) is 21.9. The predicted octanol–water partition coefficient (Wildman–Crippen LogP) is 2.67. The van der Waals surface area contributed by atoms with E-state index in [9.17, 15) is 44.3 Å². The van der Waals surface area contributed by atoms with Crippen LogP contribution in [0.5, 0.6) is 0 Å². The fourth-order valence-corrected chi connectivity index (χ4v) is 4.38. The number of carbonyl (C=O) groups is 2. The molecule has 3 rings (SSSR count). The van der Waals surface area contributed by atoms with Crippen molar-refractivity contribution in [1.82, 2.24) is 0 Å². The van der Waals surface area contributed by atoms with Crippen LogP contribution < -0.4 is 0 Å². The van der Waals surface area contributed by atoms with E-state index in [1.165, 1.54) is 0 Å². The molecule has 4 atom stereocenters. The molecule has 2 bridgehead atoms. The van der Waals surface area contributed by atoms with Gasteiger partial charge >= 0.3 is 33.2 Å². The number of rotatable bonds is 4. The largest absolute Gasteiger partial charge is 0.458 e. The quantitative estimate of drug-likeness (QED) is 0.422. The van der Waals surface area contributed by atoms with Crippen molar-refractivity contribution < 1.29 is 53.6 Å². The number of esters is 1. The Morgan fingerprint density at radius 3 is 1.96 bits per heavy atom. The van der Waals surface area contributed by atoms with Gasteiger partial charge in [0, 0.05) is 5.92 Å². The molecule has 0 saturated heterocycles. The van der Waals surface area contributed by atoms with Gasteiger partial charge in [-0.25, -0.2) is 9.18 Å². The number of ether oxygens (including phenoxy) is 1. The molecule has 0 aliphatic heterocycles. The molecule has 3 saturated carbocycles. The predicted molar refractivity (Wildman–Crippen MR) is 75.9 cm³/mol. The lowest BCUT2D eigenvalue weighted by Gasteiger charge is -2.59. The number of hydrogen-bond acceptors (Lipinski definition) is 5. The number of alkyl halides is 6. The van der Waals surface area contributed by atoms with E-state index >= 15 is 0 Å². The number of fused-ring (bicyclic) bond motifs is 2. The molecule has 0 heterocycles. The van der Waals surface area contributed by atoms with Crippen LogP contribution in [0.2, 0.25) is 0 Å². The van der Waals surface area contributed by atoms with Crippen LogP contribution in [0.4, 0.5) is 26.3 Å². The van der Waals surface area contributed by atoms with Gasteiger partial charge in [-0.05, 0) is 31.1 Å². The first-order valence-corrected chi connectivity index (χ1v) is 9.05. The molecule has 156 valence electrons. The average molecular weight is 426 g/mol. The minimum atomic E-state index is -6.95. The summed E-state index contributed by atoms with van der Waals surface area (Å²) in [6.45, 7) is 4.26. The Morgan fingerprint density at radius 1 is 1.15 bits per heavy atom. The lowest BCUT2D eigenvalue weighted by atomic mass is 9.45. The average Bonchev–Trinajstić information content (AvgIpc) is 2.45. The first-order chi connectivity index (χ1) is 11.7. The van der Waals surface area contributed by atoms with Crippen LogP contribution >= 0.6 is 0 Å². The van der Waals surface area contributed by atoms with Gasteiger partial charge in [0.1, 0.15) is 0 Å². The Bertz CT molecular complexity index is 790. The summed E-state index contributed by atoms with van der Waals surface area (Å²) in [7, 11) is -6.95. The van der Waals surface area contributed by atoms with Crippen molar-refractivity contribution in [2.24, 2.45) is 17.3 Å². The zero-order valence-electron chi connectivity index (χ0n) is 14.2. The molecule has 0 radical (unpaired) electrons. The monoisotopic (exact) mass is 426 g/mol. The summed E-state index contributed by atoms with van der Waals surface area (Å²) in [5.74, 6) is -11.9.